The average molecular weight is 700 g/mol. The van der Waals surface area contributed by atoms with Crippen LogP contribution in [0.2, 0.25) is 0 Å². The monoisotopic (exact) mass is 698 g/mol. The van der Waals surface area contributed by atoms with Gasteiger partial charge < -0.3 is 31.5 Å². The largest absolute Gasteiger partial charge is 0.351 e. The quantitative estimate of drug-likeness (QED) is 0.113. The number of rotatable bonds is 13. The van der Waals surface area contributed by atoms with Gasteiger partial charge in [0.15, 0.2) is 0 Å². The number of nitrogens with one attached hydrogen (secondary N) is 5. The van der Waals surface area contributed by atoms with E-state index >= 15 is 0 Å². The van der Waals surface area contributed by atoms with E-state index in [4.69, 9.17) is 23.2 Å². The Balaban J connectivity index is 1.77. The summed E-state index contributed by atoms with van der Waals surface area (Å²) in [5.74, 6) is -4.25. The van der Waals surface area contributed by atoms with Crippen LogP contribution in [0.4, 0.5) is 4.79 Å². The molecule has 0 aromatic rings. The van der Waals surface area contributed by atoms with E-state index < -0.39 is 69.0 Å². The fourth-order valence-electron chi connectivity index (χ4n) is 6.50. The Morgan fingerprint density at radius 3 is 2.13 bits per heavy atom. The molecule has 0 aromatic heterocycles. The van der Waals surface area contributed by atoms with Crippen LogP contribution in [-0.4, -0.2) is 87.0 Å². The highest BCUT2D eigenvalue weighted by atomic mass is 35.5. The van der Waals surface area contributed by atoms with Gasteiger partial charge in [-0.05, 0) is 73.1 Å². The Labute approximate surface area is 288 Å². The standard InChI is InChI=1S/C33H52Cl2N6O6/c1-8-9-15-21(26(43)28(45)36-17-16-22(42)39-31(2,3)4)37-27(44)25-23-20(33(23,34)35)18-41(25)29(46)24(19-13-11-10-12-14-19)38-30(47)40-32(5,6)7/h8,19-21,23-25H,1,9-18H2,2-7H3,(H,36,45)(H,37,44)(H,39,42)(H2,38,40,47)/t20?,21?,23?,24?,25-/m0/s1. The van der Waals surface area contributed by atoms with Crippen molar-refractivity contribution in [1.29, 1.82) is 0 Å². The summed E-state index contributed by atoms with van der Waals surface area (Å²) in [4.78, 5) is 80.7. The van der Waals surface area contributed by atoms with Crippen molar-refractivity contribution in [2.75, 3.05) is 13.1 Å². The Morgan fingerprint density at radius 1 is 0.936 bits per heavy atom. The first kappa shape index (κ1) is 38.6. The smallest absolute Gasteiger partial charge is 0.315 e. The number of fused-ring (bicyclic) bond motifs is 1. The van der Waals surface area contributed by atoms with E-state index in [0.717, 1.165) is 32.1 Å². The fourth-order valence-corrected chi connectivity index (χ4v) is 7.33. The lowest BCUT2D eigenvalue weighted by molar-refractivity contribution is -0.144. The highest BCUT2D eigenvalue weighted by molar-refractivity contribution is 6.51. The van der Waals surface area contributed by atoms with Gasteiger partial charge in [-0.3, -0.25) is 24.0 Å². The van der Waals surface area contributed by atoms with Crippen molar-refractivity contribution in [2.24, 2.45) is 17.8 Å². The van der Waals surface area contributed by atoms with Gasteiger partial charge in [0, 0.05) is 42.4 Å². The van der Waals surface area contributed by atoms with E-state index in [-0.39, 0.29) is 43.7 Å². The molecule has 0 spiro atoms. The van der Waals surface area contributed by atoms with Gasteiger partial charge in [0.1, 0.15) is 16.4 Å². The zero-order chi connectivity index (χ0) is 35.3. The SMILES string of the molecule is C=CCCC(NC(=O)[C@@H]1C2C(CN1C(=O)C(NC(=O)NC(C)(C)C)C1CCCCC1)C2(Cl)Cl)C(=O)C(=O)NCCC(=O)NC(C)(C)C. The third-order valence-corrected chi connectivity index (χ3v) is 9.78. The Kier molecular flexibility index (Phi) is 12.8. The molecule has 3 rings (SSSR count). The highest BCUT2D eigenvalue weighted by Crippen LogP contribution is 2.65. The molecule has 2 saturated carbocycles. The van der Waals surface area contributed by atoms with E-state index in [9.17, 15) is 28.8 Å². The van der Waals surface area contributed by atoms with Crippen LogP contribution < -0.4 is 26.6 Å². The fraction of sp³-hybridized carbons (Fsp3) is 0.758. The van der Waals surface area contributed by atoms with E-state index in [0.29, 0.717) is 6.42 Å². The van der Waals surface area contributed by atoms with Crippen molar-refractivity contribution >= 4 is 58.6 Å². The average Bonchev–Trinajstić information content (AvgIpc) is 3.26. The molecule has 3 fully saturated rings. The summed E-state index contributed by atoms with van der Waals surface area (Å²) in [6.45, 7) is 14.7. The summed E-state index contributed by atoms with van der Waals surface area (Å²) < 4.78 is -1.23. The molecule has 0 aromatic carbocycles. The number of Topliss-reactive ketones (excluding diaryl/α,β-unsaturated/α-hetero) is 1. The molecule has 12 nitrogen and oxygen atoms in total. The predicted octanol–water partition coefficient (Wildman–Crippen LogP) is 3.10. The molecule has 0 radical (unpaired) electrons. The Morgan fingerprint density at radius 2 is 1.55 bits per heavy atom. The van der Waals surface area contributed by atoms with Crippen LogP contribution in [0.3, 0.4) is 0 Å². The van der Waals surface area contributed by atoms with E-state index in [2.05, 4.69) is 33.2 Å². The number of nitrogens with zero attached hydrogens (tertiary/aromatic N) is 1. The highest BCUT2D eigenvalue weighted by Gasteiger charge is 2.74. The number of hydrogen-bond acceptors (Lipinski definition) is 6. The molecule has 5 atom stereocenters. The second kappa shape index (κ2) is 15.6. The summed E-state index contributed by atoms with van der Waals surface area (Å²) in [5, 5.41) is 13.7. The van der Waals surface area contributed by atoms with Crippen molar-refractivity contribution < 1.29 is 28.8 Å². The number of carbonyl (C=O) groups is 6. The topological polar surface area (TPSA) is 166 Å². The van der Waals surface area contributed by atoms with Gasteiger partial charge in [0.05, 0.1) is 6.04 Å². The molecule has 1 heterocycles. The lowest BCUT2D eigenvalue weighted by atomic mass is 9.83. The zero-order valence-corrected chi connectivity index (χ0v) is 30.0. The molecule has 0 bridgehead atoms. The molecule has 47 heavy (non-hydrogen) atoms. The molecular formula is C33H52Cl2N6O6. The number of amides is 6. The maximum Gasteiger partial charge on any atom is 0.315 e. The van der Waals surface area contributed by atoms with Crippen LogP contribution in [0.25, 0.3) is 0 Å². The minimum atomic E-state index is -1.23. The molecule has 264 valence electrons. The minimum Gasteiger partial charge on any atom is -0.351 e. The number of piperidine rings is 1. The normalized spacial score (nSPS) is 23.4. The number of urea groups is 1. The van der Waals surface area contributed by atoms with Crippen molar-refractivity contribution in [3.63, 3.8) is 0 Å². The predicted molar refractivity (Wildman–Crippen MR) is 181 cm³/mol. The number of carbonyl (C=O) groups excluding carboxylic acids is 6. The van der Waals surface area contributed by atoms with E-state index in [1.165, 1.54) is 4.90 Å². The Bertz CT molecular complexity index is 1220. The first-order valence-electron chi connectivity index (χ1n) is 16.6. The van der Waals surface area contributed by atoms with Crippen LogP contribution in [0.15, 0.2) is 12.7 Å². The number of hydrogen-bond donors (Lipinski definition) is 5. The molecule has 3 aliphatic rings. The lowest BCUT2D eigenvalue weighted by Crippen LogP contribution is -2.61. The molecule has 6 amide bonds. The van der Waals surface area contributed by atoms with Crippen molar-refractivity contribution in [3.8, 4) is 0 Å². The number of likely N-dealkylation sites (tertiary alicyclic amines) is 1. The van der Waals surface area contributed by atoms with Gasteiger partial charge in [-0.15, -0.1) is 29.8 Å². The number of halogens is 2. The van der Waals surface area contributed by atoms with Crippen molar-refractivity contribution in [1.82, 2.24) is 31.5 Å². The maximum atomic E-state index is 14.2. The molecule has 1 saturated heterocycles. The first-order chi connectivity index (χ1) is 21.8. The molecule has 4 unspecified atom stereocenters. The lowest BCUT2D eigenvalue weighted by Gasteiger charge is -2.37. The van der Waals surface area contributed by atoms with Crippen LogP contribution in [0.5, 0.6) is 0 Å². The van der Waals surface area contributed by atoms with Gasteiger partial charge in [-0.25, -0.2) is 4.79 Å². The summed E-state index contributed by atoms with van der Waals surface area (Å²) in [7, 11) is 0. The van der Waals surface area contributed by atoms with Gasteiger partial charge in [-0.2, -0.15) is 0 Å². The van der Waals surface area contributed by atoms with Gasteiger partial charge in [0.2, 0.25) is 23.5 Å². The van der Waals surface area contributed by atoms with Gasteiger partial charge in [-0.1, -0.05) is 25.3 Å². The second-order valence-electron chi connectivity index (χ2n) is 15.1. The third-order valence-electron chi connectivity index (χ3n) is 8.71. The zero-order valence-electron chi connectivity index (χ0n) is 28.5. The summed E-state index contributed by atoms with van der Waals surface area (Å²) in [5.41, 5.74) is -0.973. The molecule has 2 aliphatic carbocycles. The molecule has 14 heteroatoms. The third kappa shape index (κ3) is 10.6. The number of ketones is 1. The first-order valence-corrected chi connectivity index (χ1v) is 17.3. The summed E-state index contributed by atoms with van der Waals surface area (Å²) in [6.07, 6.45) is 6.35. The van der Waals surface area contributed by atoms with Crippen LogP contribution in [-0.2, 0) is 24.0 Å². The molecule has 5 N–H and O–H groups in total. The number of alkyl halides is 2. The maximum absolute atomic E-state index is 14.2. The van der Waals surface area contributed by atoms with E-state index in [1.54, 1.807) is 6.08 Å². The molecular weight excluding hydrogens is 647 g/mol. The second-order valence-corrected chi connectivity index (χ2v) is 16.5. The van der Waals surface area contributed by atoms with Gasteiger partial charge in [0.25, 0.3) is 5.91 Å². The Hall–Kier alpha value is -2.86. The molecule has 1 aliphatic heterocycles. The summed E-state index contributed by atoms with van der Waals surface area (Å²) in [6, 6.07) is -3.68. The van der Waals surface area contributed by atoms with Crippen molar-refractivity contribution in [3.05, 3.63) is 12.7 Å². The van der Waals surface area contributed by atoms with Crippen molar-refractivity contribution in [2.45, 2.75) is 126 Å². The van der Waals surface area contributed by atoms with Crippen LogP contribution >= 0.6 is 23.2 Å². The van der Waals surface area contributed by atoms with Gasteiger partial charge >= 0.3 is 6.03 Å². The summed E-state index contributed by atoms with van der Waals surface area (Å²) >= 11 is 13.1. The minimum absolute atomic E-state index is 0.0281. The number of allylic oxidation sites excluding steroid dienone is 1. The van der Waals surface area contributed by atoms with Crippen LogP contribution in [0.1, 0.15) is 92.9 Å². The van der Waals surface area contributed by atoms with Crippen LogP contribution in [0, 0.1) is 17.8 Å². The van der Waals surface area contributed by atoms with E-state index in [1.807, 2.05) is 41.5 Å².